The number of nitrogens with one attached hydrogen (secondary N) is 2. The molecule has 1 heterocycles. The Morgan fingerprint density at radius 3 is 2.56 bits per heavy atom. The van der Waals surface area contributed by atoms with Gasteiger partial charge in [0.2, 0.25) is 0 Å². The minimum Gasteiger partial charge on any atom is -0.359 e. The topological polar surface area (TPSA) is 62.5 Å². The minimum absolute atomic E-state index is 0.0000130. The Kier molecular flexibility index (Phi) is 6.23. The van der Waals surface area contributed by atoms with Crippen LogP contribution in [0.15, 0.2) is 39.8 Å². The second-order valence-electron chi connectivity index (χ2n) is 7.35. The summed E-state index contributed by atoms with van der Waals surface area (Å²) < 4.78 is 5.36. The van der Waals surface area contributed by atoms with E-state index in [9.17, 15) is 0 Å². The molecule has 1 aromatic heterocycles. The van der Waals surface area contributed by atoms with Crippen molar-refractivity contribution in [1.82, 2.24) is 15.8 Å². The van der Waals surface area contributed by atoms with E-state index in [0.29, 0.717) is 12.5 Å². The van der Waals surface area contributed by atoms with Gasteiger partial charge in [0.15, 0.2) is 11.7 Å². The van der Waals surface area contributed by atoms with Gasteiger partial charge in [-0.25, -0.2) is 0 Å². The molecule has 2 N–H and O–H groups in total. The first-order chi connectivity index (χ1) is 11.8. The van der Waals surface area contributed by atoms with Crippen molar-refractivity contribution in [1.29, 1.82) is 0 Å². The molecule has 0 spiro atoms. The smallest absolute Gasteiger partial charge is 0.191 e. The zero-order valence-corrected chi connectivity index (χ0v) is 16.2. The maximum Gasteiger partial charge on any atom is 0.191 e. The van der Waals surface area contributed by atoms with E-state index in [2.05, 4.69) is 79.7 Å². The molecule has 2 rings (SSSR count). The predicted octanol–water partition coefficient (Wildman–Crippen LogP) is 3.75. The molecule has 25 heavy (non-hydrogen) atoms. The maximum absolute atomic E-state index is 5.36. The molecule has 0 aliphatic rings. The van der Waals surface area contributed by atoms with Gasteiger partial charge in [0.1, 0.15) is 0 Å². The third-order valence-electron chi connectivity index (χ3n) is 4.39. The third kappa shape index (κ3) is 5.08. The number of aromatic nitrogens is 1. The normalized spacial score (nSPS) is 12.5. The Bertz CT molecular complexity index is 716. The fourth-order valence-corrected chi connectivity index (χ4v) is 2.81. The van der Waals surface area contributed by atoms with Crippen LogP contribution in [-0.4, -0.2) is 24.7 Å². The van der Waals surface area contributed by atoms with Crippen molar-refractivity contribution in [2.24, 2.45) is 4.99 Å². The Morgan fingerprint density at radius 2 is 1.96 bits per heavy atom. The van der Waals surface area contributed by atoms with Crippen LogP contribution >= 0.6 is 0 Å². The number of benzene rings is 1. The lowest BCUT2D eigenvalue weighted by molar-refractivity contribution is 0.371. The van der Waals surface area contributed by atoms with Crippen molar-refractivity contribution < 1.29 is 4.52 Å². The molecule has 0 saturated heterocycles. The van der Waals surface area contributed by atoms with Gasteiger partial charge in [-0.15, -0.1) is 0 Å². The van der Waals surface area contributed by atoms with Crippen molar-refractivity contribution in [3.63, 3.8) is 0 Å². The standard InChI is InChI=1S/C20H30N4O/c1-14(2)18-11-16(25-24-18)12-22-19(21-6)23-13-20(4,5)17-10-8-7-9-15(17)3/h7-11,14H,12-13H2,1-6H3,(H2,21,22,23). The molecule has 0 amide bonds. The van der Waals surface area contributed by atoms with Crippen LogP contribution in [0.2, 0.25) is 0 Å². The molecule has 136 valence electrons. The molecule has 0 unspecified atom stereocenters. The molecule has 5 nitrogen and oxygen atoms in total. The predicted molar refractivity (Wildman–Crippen MR) is 103 cm³/mol. The zero-order valence-electron chi connectivity index (χ0n) is 16.2. The zero-order chi connectivity index (χ0) is 18.4. The average Bonchev–Trinajstić information content (AvgIpc) is 3.04. The van der Waals surface area contributed by atoms with Crippen LogP contribution in [0, 0.1) is 6.92 Å². The van der Waals surface area contributed by atoms with Crippen molar-refractivity contribution in [2.45, 2.75) is 52.5 Å². The fraction of sp³-hybridized carbons (Fsp3) is 0.500. The van der Waals surface area contributed by atoms with Crippen LogP contribution in [0.25, 0.3) is 0 Å². The van der Waals surface area contributed by atoms with E-state index in [0.717, 1.165) is 24.0 Å². The van der Waals surface area contributed by atoms with Crippen LogP contribution in [0.3, 0.4) is 0 Å². The lowest BCUT2D eigenvalue weighted by atomic mass is 9.82. The molecular formula is C20H30N4O. The van der Waals surface area contributed by atoms with Crippen molar-refractivity contribution >= 4 is 5.96 Å². The number of rotatable bonds is 6. The molecule has 0 aliphatic carbocycles. The van der Waals surface area contributed by atoms with Crippen LogP contribution in [-0.2, 0) is 12.0 Å². The van der Waals surface area contributed by atoms with E-state index < -0.39 is 0 Å². The van der Waals surface area contributed by atoms with E-state index in [-0.39, 0.29) is 5.41 Å². The number of nitrogens with zero attached hydrogens (tertiary/aromatic N) is 2. The summed E-state index contributed by atoms with van der Waals surface area (Å²) in [5.74, 6) is 1.93. The van der Waals surface area contributed by atoms with Gasteiger partial charge in [-0.05, 0) is 24.0 Å². The van der Waals surface area contributed by atoms with Crippen LogP contribution in [0.5, 0.6) is 0 Å². The number of hydrogen-bond acceptors (Lipinski definition) is 3. The summed E-state index contributed by atoms with van der Waals surface area (Å²) in [7, 11) is 1.77. The van der Waals surface area contributed by atoms with E-state index in [1.165, 1.54) is 11.1 Å². The molecular weight excluding hydrogens is 312 g/mol. The van der Waals surface area contributed by atoms with E-state index in [4.69, 9.17) is 4.52 Å². The third-order valence-corrected chi connectivity index (χ3v) is 4.39. The SMILES string of the molecule is CN=C(NCc1cc(C(C)C)no1)NCC(C)(C)c1ccccc1C. The highest BCUT2D eigenvalue weighted by Crippen LogP contribution is 2.25. The summed E-state index contributed by atoms with van der Waals surface area (Å²) in [4.78, 5) is 4.30. The van der Waals surface area contributed by atoms with Gasteiger partial charge in [-0.1, -0.05) is 57.1 Å². The summed E-state index contributed by atoms with van der Waals surface area (Å²) >= 11 is 0. The van der Waals surface area contributed by atoms with E-state index >= 15 is 0 Å². The Morgan fingerprint density at radius 1 is 1.24 bits per heavy atom. The second kappa shape index (κ2) is 8.19. The molecule has 0 radical (unpaired) electrons. The van der Waals surface area contributed by atoms with Gasteiger partial charge in [0.05, 0.1) is 12.2 Å². The largest absolute Gasteiger partial charge is 0.359 e. The Labute approximate surface area is 150 Å². The monoisotopic (exact) mass is 342 g/mol. The first-order valence-electron chi connectivity index (χ1n) is 8.79. The molecule has 0 bridgehead atoms. The lowest BCUT2D eigenvalue weighted by Crippen LogP contribution is -2.43. The molecule has 0 aliphatic heterocycles. The van der Waals surface area contributed by atoms with Gasteiger partial charge in [0.25, 0.3) is 0 Å². The number of guanidine groups is 1. The van der Waals surface area contributed by atoms with Crippen LogP contribution in [0.4, 0.5) is 0 Å². The first-order valence-corrected chi connectivity index (χ1v) is 8.79. The van der Waals surface area contributed by atoms with Gasteiger partial charge in [-0.2, -0.15) is 0 Å². The molecule has 1 aromatic carbocycles. The highest BCUT2D eigenvalue weighted by Gasteiger charge is 2.22. The highest BCUT2D eigenvalue weighted by atomic mass is 16.5. The quantitative estimate of drug-likeness (QED) is 0.620. The highest BCUT2D eigenvalue weighted by molar-refractivity contribution is 5.79. The Hall–Kier alpha value is -2.30. The molecule has 0 fully saturated rings. The summed E-state index contributed by atoms with van der Waals surface area (Å²) in [6.07, 6.45) is 0. The van der Waals surface area contributed by atoms with Crippen molar-refractivity contribution in [3.8, 4) is 0 Å². The number of aliphatic imine (C=N–C) groups is 1. The van der Waals surface area contributed by atoms with Crippen molar-refractivity contribution in [3.05, 3.63) is 52.9 Å². The molecule has 5 heteroatoms. The number of aryl methyl sites for hydroxylation is 1. The molecule has 0 atom stereocenters. The lowest BCUT2D eigenvalue weighted by Gasteiger charge is -2.28. The minimum atomic E-state index is 0.0000130. The van der Waals surface area contributed by atoms with Crippen molar-refractivity contribution in [2.75, 3.05) is 13.6 Å². The average molecular weight is 342 g/mol. The summed E-state index contributed by atoms with van der Waals surface area (Å²) in [6.45, 7) is 12.2. The van der Waals surface area contributed by atoms with Gasteiger partial charge in [-0.3, -0.25) is 4.99 Å². The Balaban J connectivity index is 1.92. The van der Waals surface area contributed by atoms with E-state index in [1.54, 1.807) is 7.05 Å². The van der Waals surface area contributed by atoms with Crippen LogP contribution < -0.4 is 10.6 Å². The summed E-state index contributed by atoms with van der Waals surface area (Å²) in [5.41, 5.74) is 3.62. The fourth-order valence-electron chi connectivity index (χ4n) is 2.81. The first kappa shape index (κ1) is 19.0. The maximum atomic E-state index is 5.36. The van der Waals surface area contributed by atoms with Gasteiger partial charge in [0, 0.05) is 25.1 Å². The molecule has 0 saturated carbocycles. The van der Waals surface area contributed by atoms with Gasteiger partial charge >= 0.3 is 0 Å². The summed E-state index contributed by atoms with van der Waals surface area (Å²) in [6, 6.07) is 10.5. The second-order valence-corrected chi connectivity index (χ2v) is 7.35. The van der Waals surface area contributed by atoms with Crippen LogP contribution in [0.1, 0.15) is 56.2 Å². The number of hydrogen-bond donors (Lipinski definition) is 2. The van der Waals surface area contributed by atoms with E-state index in [1.807, 2.05) is 6.07 Å². The van der Waals surface area contributed by atoms with Gasteiger partial charge < -0.3 is 15.2 Å². The molecule has 2 aromatic rings. The summed E-state index contributed by atoms with van der Waals surface area (Å²) in [5, 5.41) is 10.8.